The van der Waals surface area contributed by atoms with E-state index in [0.29, 0.717) is 10.8 Å². The predicted octanol–water partition coefficient (Wildman–Crippen LogP) is 3.31. The molecule has 0 fully saturated rings. The Kier molecular flexibility index (Phi) is 4.16. The van der Waals surface area contributed by atoms with Gasteiger partial charge in [-0.15, -0.1) is 11.3 Å². The fourth-order valence-corrected chi connectivity index (χ4v) is 2.13. The molecule has 7 nitrogen and oxygen atoms in total. The number of carbonyl (C=O) groups excluding carboxylic acids is 1. The van der Waals surface area contributed by atoms with Gasteiger partial charge in [0.25, 0.3) is 5.69 Å². The lowest BCUT2D eigenvalue weighted by molar-refractivity contribution is -0.384. The van der Waals surface area contributed by atoms with E-state index in [1.165, 1.54) is 36.6 Å². The minimum absolute atomic E-state index is 0.128. The molecule has 104 valence electrons. The Balaban J connectivity index is 2.16. The van der Waals surface area contributed by atoms with E-state index in [4.69, 9.17) is 4.74 Å². The number of nitro benzene ring substituents is 1. The number of ether oxygens (including phenoxy) is 1. The third kappa shape index (κ3) is 3.23. The maximum Gasteiger partial charge on any atom is 0.324 e. The first-order valence-corrected chi connectivity index (χ1v) is 6.42. The van der Waals surface area contributed by atoms with Gasteiger partial charge in [-0.25, -0.2) is 4.79 Å². The Labute approximate surface area is 118 Å². The molecule has 0 atom stereocenters. The summed E-state index contributed by atoms with van der Waals surface area (Å²) in [6, 6.07) is 7.03. The summed E-state index contributed by atoms with van der Waals surface area (Å²) >= 11 is 1.37. The smallest absolute Gasteiger partial charge is 0.324 e. The van der Waals surface area contributed by atoms with Gasteiger partial charge in [-0.05, 0) is 23.6 Å². The maximum absolute atomic E-state index is 11.8. The summed E-state index contributed by atoms with van der Waals surface area (Å²) in [5, 5.41) is 18.4. The summed E-state index contributed by atoms with van der Waals surface area (Å²) in [6.45, 7) is 0. The molecular weight excluding hydrogens is 282 g/mol. The Morgan fingerprint density at radius 2 is 2.15 bits per heavy atom. The zero-order chi connectivity index (χ0) is 14.5. The van der Waals surface area contributed by atoms with E-state index in [0.717, 1.165) is 0 Å². The first-order valence-electron chi connectivity index (χ1n) is 5.54. The molecule has 0 saturated carbocycles. The number of benzene rings is 1. The van der Waals surface area contributed by atoms with Gasteiger partial charge in [0.2, 0.25) is 0 Å². The number of amides is 2. The highest BCUT2D eigenvalue weighted by Gasteiger charge is 2.13. The van der Waals surface area contributed by atoms with E-state index in [1.807, 2.05) is 5.38 Å². The van der Waals surface area contributed by atoms with Crippen LogP contribution in [0.2, 0.25) is 0 Å². The summed E-state index contributed by atoms with van der Waals surface area (Å²) in [7, 11) is 1.42. The van der Waals surface area contributed by atoms with Crippen LogP contribution in [-0.2, 0) is 0 Å². The summed E-state index contributed by atoms with van der Waals surface area (Å²) in [4.78, 5) is 22.0. The minimum Gasteiger partial charge on any atom is -0.495 e. The first kappa shape index (κ1) is 13.8. The lowest BCUT2D eigenvalue weighted by Gasteiger charge is -2.10. The standard InChI is InChI=1S/C12H11N3O4S/c1-19-10-5-4-8(15(17)18)7-9(10)13-12(16)14-11-3-2-6-20-11/h2-7H,1H3,(H2,13,14,16). The Morgan fingerprint density at radius 1 is 1.35 bits per heavy atom. The number of urea groups is 1. The van der Waals surface area contributed by atoms with E-state index < -0.39 is 11.0 Å². The van der Waals surface area contributed by atoms with Gasteiger partial charge in [0, 0.05) is 12.1 Å². The van der Waals surface area contributed by atoms with Crippen molar-refractivity contribution in [2.75, 3.05) is 17.7 Å². The molecule has 0 aliphatic rings. The fraction of sp³-hybridized carbons (Fsp3) is 0.0833. The molecule has 1 aromatic carbocycles. The number of anilines is 2. The molecule has 0 radical (unpaired) electrons. The van der Waals surface area contributed by atoms with Gasteiger partial charge < -0.3 is 10.1 Å². The maximum atomic E-state index is 11.8. The van der Waals surface area contributed by atoms with E-state index in [-0.39, 0.29) is 11.4 Å². The summed E-state index contributed by atoms with van der Waals surface area (Å²) in [5.41, 5.74) is 0.105. The van der Waals surface area contributed by atoms with Crippen molar-refractivity contribution >= 4 is 33.7 Å². The van der Waals surface area contributed by atoms with Crippen molar-refractivity contribution in [1.29, 1.82) is 0 Å². The number of nitro groups is 1. The predicted molar refractivity (Wildman–Crippen MR) is 76.6 cm³/mol. The zero-order valence-electron chi connectivity index (χ0n) is 10.5. The lowest BCUT2D eigenvalue weighted by atomic mass is 10.2. The molecule has 1 aromatic heterocycles. The molecule has 0 bridgehead atoms. The number of non-ortho nitro benzene ring substituents is 1. The van der Waals surface area contributed by atoms with E-state index in [2.05, 4.69) is 10.6 Å². The number of hydrogen-bond acceptors (Lipinski definition) is 5. The Hall–Kier alpha value is -2.61. The highest BCUT2D eigenvalue weighted by atomic mass is 32.1. The number of thiophene rings is 1. The third-order valence-corrected chi connectivity index (χ3v) is 3.19. The van der Waals surface area contributed by atoms with Crippen LogP contribution in [0.3, 0.4) is 0 Å². The highest BCUT2D eigenvalue weighted by molar-refractivity contribution is 7.14. The van der Waals surface area contributed by atoms with E-state index >= 15 is 0 Å². The van der Waals surface area contributed by atoms with Crippen molar-refractivity contribution in [2.24, 2.45) is 0 Å². The van der Waals surface area contributed by atoms with Crippen molar-refractivity contribution in [3.8, 4) is 5.75 Å². The second-order valence-electron chi connectivity index (χ2n) is 3.70. The number of hydrogen-bond donors (Lipinski definition) is 2. The van der Waals surface area contributed by atoms with Crippen LogP contribution in [0.15, 0.2) is 35.7 Å². The van der Waals surface area contributed by atoms with Crippen LogP contribution < -0.4 is 15.4 Å². The summed E-state index contributed by atoms with van der Waals surface area (Å²) in [6.07, 6.45) is 0. The van der Waals surface area contributed by atoms with E-state index in [9.17, 15) is 14.9 Å². The molecule has 2 rings (SSSR count). The fourth-order valence-electron chi connectivity index (χ4n) is 1.52. The molecule has 0 spiro atoms. The molecule has 2 N–H and O–H groups in total. The van der Waals surface area contributed by atoms with Crippen molar-refractivity contribution in [3.05, 3.63) is 45.8 Å². The highest BCUT2D eigenvalue weighted by Crippen LogP contribution is 2.29. The Bertz CT molecular complexity index is 628. The van der Waals surface area contributed by atoms with Crippen LogP contribution in [0.4, 0.5) is 21.2 Å². The second-order valence-corrected chi connectivity index (χ2v) is 4.65. The van der Waals surface area contributed by atoms with Crippen LogP contribution in [-0.4, -0.2) is 18.1 Å². The van der Waals surface area contributed by atoms with Gasteiger partial charge in [0.1, 0.15) is 5.75 Å². The topological polar surface area (TPSA) is 93.5 Å². The Morgan fingerprint density at radius 3 is 2.75 bits per heavy atom. The van der Waals surface area contributed by atoms with Gasteiger partial charge in [-0.2, -0.15) is 0 Å². The molecule has 0 aliphatic carbocycles. The lowest BCUT2D eigenvalue weighted by Crippen LogP contribution is -2.19. The number of methoxy groups -OCH3 is 1. The average molecular weight is 293 g/mol. The first-order chi connectivity index (χ1) is 9.60. The third-order valence-electron chi connectivity index (χ3n) is 2.40. The number of rotatable bonds is 4. The monoisotopic (exact) mass is 293 g/mol. The van der Waals surface area contributed by atoms with E-state index in [1.54, 1.807) is 12.1 Å². The molecule has 0 saturated heterocycles. The number of nitrogens with one attached hydrogen (secondary N) is 2. The van der Waals surface area contributed by atoms with Crippen molar-refractivity contribution in [1.82, 2.24) is 0 Å². The molecule has 2 aromatic rings. The number of nitrogens with zero attached hydrogens (tertiary/aromatic N) is 1. The van der Waals surface area contributed by atoms with Crippen molar-refractivity contribution in [2.45, 2.75) is 0 Å². The molecule has 2 amide bonds. The normalized spacial score (nSPS) is 9.85. The molecular formula is C12H11N3O4S. The molecule has 1 heterocycles. The van der Waals surface area contributed by atoms with Gasteiger partial charge in [0.05, 0.1) is 22.7 Å². The SMILES string of the molecule is COc1ccc([N+](=O)[O-])cc1NC(=O)Nc1cccs1. The van der Waals surface area contributed by atoms with Crippen LogP contribution >= 0.6 is 11.3 Å². The average Bonchev–Trinajstić information content (AvgIpc) is 2.91. The van der Waals surface area contributed by atoms with Gasteiger partial charge in [0.15, 0.2) is 0 Å². The van der Waals surface area contributed by atoms with Crippen molar-refractivity contribution < 1.29 is 14.5 Å². The second kappa shape index (κ2) is 6.02. The summed E-state index contributed by atoms with van der Waals surface area (Å²) in [5.74, 6) is 0.344. The van der Waals surface area contributed by atoms with Crippen LogP contribution in [0.1, 0.15) is 0 Å². The minimum atomic E-state index is -0.540. The van der Waals surface area contributed by atoms with Gasteiger partial charge in [-0.1, -0.05) is 0 Å². The quantitative estimate of drug-likeness (QED) is 0.668. The van der Waals surface area contributed by atoms with Gasteiger partial charge >= 0.3 is 6.03 Å². The van der Waals surface area contributed by atoms with Crippen LogP contribution in [0.25, 0.3) is 0 Å². The number of carbonyl (C=O) groups is 1. The molecule has 20 heavy (non-hydrogen) atoms. The van der Waals surface area contributed by atoms with Crippen LogP contribution in [0, 0.1) is 10.1 Å². The molecule has 0 unspecified atom stereocenters. The van der Waals surface area contributed by atoms with Crippen molar-refractivity contribution in [3.63, 3.8) is 0 Å². The molecule has 0 aliphatic heterocycles. The van der Waals surface area contributed by atoms with Gasteiger partial charge in [-0.3, -0.25) is 15.4 Å². The van der Waals surface area contributed by atoms with Crippen LogP contribution in [0.5, 0.6) is 5.75 Å². The largest absolute Gasteiger partial charge is 0.495 e. The summed E-state index contributed by atoms with van der Waals surface area (Å²) < 4.78 is 5.05. The molecule has 8 heteroatoms. The zero-order valence-corrected chi connectivity index (χ0v) is 11.3.